The molecule has 0 aliphatic carbocycles. The van der Waals surface area contributed by atoms with E-state index < -0.39 is 35.6 Å². The van der Waals surface area contributed by atoms with Crippen molar-refractivity contribution in [1.29, 1.82) is 0 Å². The molecule has 0 aliphatic heterocycles. The number of esters is 2. The zero-order chi connectivity index (χ0) is 15.9. The van der Waals surface area contributed by atoms with Crippen molar-refractivity contribution >= 4 is 18.0 Å². The maximum Gasteiger partial charge on any atom is 0.408 e. The summed E-state index contributed by atoms with van der Waals surface area (Å²) in [5.41, 5.74) is -0.682. The Kier molecular flexibility index (Phi) is 7.02. The third kappa shape index (κ3) is 6.96. The smallest absolute Gasteiger partial charge is 0.408 e. The number of carbonyl (C=O) groups is 3. The molecule has 0 aromatic heterocycles. The highest BCUT2D eigenvalue weighted by molar-refractivity contribution is 5.82. The normalized spacial score (nSPS) is 13.9. The van der Waals surface area contributed by atoms with Gasteiger partial charge in [0.1, 0.15) is 11.6 Å². The Hall–Kier alpha value is -1.79. The van der Waals surface area contributed by atoms with Crippen LogP contribution in [0.2, 0.25) is 0 Å². The molecule has 7 nitrogen and oxygen atoms in total. The lowest BCUT2D eigenvalue weighted by atomic mass is 10.0. The van der Waals surface area contributed by atoms with Gasteiger partial charge in [-0.25, -0.2) is 9.59 Å². The first-order valence-electron chi connectivity index (χ1n) is 6.26. The molecule has 0 saturated carbocycles. The van der Waals surface area contributed by atoms with Crippen LogP contribution in [0, 0.1) is 5.92 Å². The van der Waals surface area contributed by atoms with Gasteiger partial charge in [0.05, 0.1) is 20.1 Å². The predicted octanol–water partition coefficient (Wildman–Crippen LogP) is 1.25. The lowest BCUT2D eigenvalue weighted by molar-refractivity contribution is -0.147. The monoisotopic (exact) mass is 289 g/mol. The Bertz CT molecular complexity index is 360. The van der Waals surface area contributed by atoms with E-state index in [0.717, 1.165) is 0 Å². The summed E-state index contributed by atoms with van der Waals surface area (Å²) in [6.45, 7) is 6.71. The molecule has 0 fully saturated rings. The fraction of sp³-hybridized carbons (Fsp3) is 0.769. The highest BCUT2D eigenvalue weighted by Gasteiger charge is 2.29. The van der Waals surface area contributed by atoms with Crippen LogP contribution in [0.1, 0.15) is 34.1 Å². The largest absolute Gasteiger partial charge is 0.469 e. The number of nitrogens with one attached hydrogen (secondary N) is 1. The van der Waals surface area contributed by atoms with Crippen molar-refractivity contribution in [3.8, 4) is 0 Å². The molecule has 0 bridgehead atoms. The minimum Gasteiger partial charge on any atom is -0.469 e. The van der Waals surface area contributed by atoms with Gasteiger partial charge in [-0.05, 0) is 27.2 Å². The van der Waals surface area contributed by atoms with Crippen LogP contribution in [-0.2, 0) is 23.8 Å². The van der Waals surface area contributed by atoms with Crippen LogP contribution in [-0.4, -0.2) is 43.9 Å². The van der Waals surface area contributed by atoms with Gasteiger partial charge in [0.2, 0.25) is 0 Å². The zero-order valence-electron chi connectivity index (χ0n) is 12.8. The van der Waals surface area contributed by atoms with Gasteiger partial charge in [0.25, 0.3) is 0 Å². The fourth-order valence-corrected chi connectivity index (χ4v) is 1.46. The van der Waals surface area contributed by atoms with E-state index in [-0.39, 0.29) is 6.42 Å². The summed E-state index contributed by atoms with van der Waals surface area (Å²) in [6.07, 6.45) is -0.677. The van der Waals surface area contributed by atoms with Crippen molar-refractivity contribution in [3.05, 3.63) is 0 Å². The van der Waals surface area contributed by atoms with Crippen LogP contribution >= 0.6 is 0 Å². The van der Waals surface area contributed by atoms with Gasteiger partial charge in [-0.3, -0.25) is 4.79 Å². The highest BCUT2D eigenvalue weighted by Crippen LogP contribution is 2.11. The molecule has 1 N–H and O–H groups in total. The molecule has 2 atom stereocenters. The van der Waals surface area contributed by atoms with E-state index in [1.54, 1.807) is 27.7 Å². The van der Waals surface area contributed by atoms with Crippen LogP contribution in [0.3, 0.4) is 0 Å². The summed E-state index contributed by atoms with van der Waals surface area (Å²) in [7, 11) is 2.46. The number of ether oxygens (including phenoxy) is 3. The van der Waals surface area contributed by atoms with Crippen molar-refractivity contribution in [3.63, 3.8) is 0 Å². The summed E-state index contributed by atoms with van der Waals surface area (Å²) in [6, 6.07) is -0.969. The molecule has 1 amide bonds. The standard InChI is InChI=1S/C13H23NO6/c1-8(10(15)18-5)7-9(11(16)19-6)14-12(17)20-13(2,3)4/h8-9H,7H2,1-6H3,(H,14,17). The van der Waals surface area contributed by atoms with Gasteiger partial charge in [0.15, 0.2) is 0 Å². The average Bonchev–Trinajstić information content (AvgIpc) is 2.33. The Labute approximate surface area is 118 Å². The van der Waals surface area contributed by atoms with Crippen LogP contribution in [0.25, 0.3) is 0 Å². The highest BCUT2D eigenvalue weighted by atomic mass is 16.6. The Morgan fingerprint density at radius 3 is 1.95 bits per heavy atom. The zero-order valence-corrected chi connectivity index (χ0v) is 12.8. The number of carbonyl (C=O) groups excluding carboxylic acids is 3. The van der Waals surface area contributed by atoms with Gasteiger partial charge in [-0.2, -0.15) is 0 Å². The number of methoxy groups -OCH3 is 2. The van der Waals surface area contributed by atoms with Crippen molar-refractivity contribution in [2.45, 2.75) is 45.8 Å². The summed E-state index contributed by atoms with van der Waals surface area (Å²) < 4.78 is 14.2. The number of hydrogen-bond donors (Lipinski definition) is 1. The van der Waals surface area contributed by atoms with Crippen LogP contribution in [0.15, 0.2) is 0 Å². The lowest BCUT2D eigenvalue weighted by Crippen LogP contribution is -2.45. The Morgan fingerprint density at radius 2 is 1.55 bits per heavy atom. The second-order valence-electron chi connectivity index (χ2n) is 5.38. The van der Waals surface area contributed by atoms with Crippen LogP contribution in [0.5, 0.6) is 0 Å². The molecule has 0 spiro atoms. The van der Waals surface area contributed by atoms with Crippen LogP contribution < -0.4 is 5.32 Å². The van der Waals surface area contributed by atoms with Crippen LogP contribution in [0.4, 0.5) is 4.79 Å². The van der Waals surface area contributed by atoms with E-state index in [1.165, 1.54) is 14.2 Å². The molecule has 0 rings (SSSR count). The first kappa shape index (κ1) is 18.2. The SMILES string of the molecule is COC(=O)C(C)CC(NC(=O)OC(C)(C)C)C(=O)OC. The molecular weight excluding hydrogens is 266 g/mol. The molecule has 2 unspecified atom stereocenters. The quantitative estimate of drug-likeness (QED) is 0.605. The van der Waals surface area contributed by atoms with E-state index in [4.69, 9.17) is 4.74 Å². The van der Waals surface area contributed by atoms with Crippen molar-refractivity contribution in [1.82, 2.24) is 5.32 Å². The molecule has 0 aromatic rings. The van der Waals surface area contributed by atoms with Gasteiger partial charge in [0, 0.05) is 0 Å². The van der Waals surface area contributed by atoms with Gasteiger partial charge in [-0.1, -0.05) is 6.92 Å². The predicted molar refractivity (Wildman–Crippen MR) is 71.0 cm³/mol. The topological polar surface area (TPSA) is 90.9 Å². The second kappa shape index (κ2) is 7.72. The Morgan fingerprint density at radius 1 is 1.05 bits per heavy atom. The third-order valence-corrected chi connectivity index (χ3v) is 2.37. The minimum atomic E-state index is -0.969. The molecule has 0 saturated heterocycles. The number of alkyl carbamates (subject to hydrolysis) is 1. The second-order valence-corrected chi connectivity index (χ2v) is 5.38. The maximum absolute atomic E-state index is 11.7. The molecular formula is C13H23NO6. The fourth-order valence-electron chi connectivity index (χ4n) is 1.46. The number of hydrogen-bond acceptors (Lipinski definition) is 6. The summed E-state index contributed by atoms with van der Waals surface area (Å²) in [5, 5.41) is 2.39. The average molecular weight is 289 g/mol. The lowest BCUT2D eigenvalue weighted by Gasteiger charge is -2.23. The van der Waals surface area contributed by atoms with Gasteiger partial charge < -0.3 is 19.5 Å². The molecule has 0 heterocycles. The summed E-state index contributed by atoms with van der Waals surface area (Å²) in [4.78, 5) is 34.6. The molecule has 116 valence electrons. The van der Waals surface area contributed by atoms with E-state index in [0.29, 0.717) is 0 Å². The first-order chi connectivity index (χ1) is 9.10. The van der Waals surface area contributed by atoms with Gasteiger partial charge in [-0.15, -0.1) is 0 Å². The van der Waals surface area contributed by atoms with E-state index in [1.807, 2.05) is 0 Å². The van der Waals surface area contributed by atoms with Gasteiger partial charge >= 0.3 is 18.0 Å². The first-order valence-corrected chi connectivity index (χ1v) is 6.26. The minimum absolute atomic E-state index is 0.0680. The molecule has 0 aromatic carbocycles. The van der Waals surface area contributed by atoms with E-state index >= 15 is 0 Å². The molecule has 0 radical (unpaired) electrons. The van der Waals surface area contributed by atoms with Crippen molar-refractivity contribution in [2.24, 2.45) is 5.92 Å². The number of rotatable bonds is 5. The van der Waals surface area contributed by atoms with Crippen molar-refractivity contribution < 1.29 is 28.6 Å². The molecule has 0 aliphatic rings. The summed E-state index contributed by atoms with van der Waals surface area (Å²) in [5.74, 6) is -1.67. The molecule has 20 heavy (non-hydrogen) atoms. The third-order valence-electron chi connectivity index (χ3n) is 2.37. The van der Waals surface area contributed by atoms with E-state index in [9.17, 15) is 14.4 Å². The van der Waals surface area contributed by atoms with Crippen molar-refractivity contribution in [2.75, 3.05) is 14.2 Å². The summed E-state index contributed by atoms with van der Waals surface area (Å²) >= 11 is 0. The van der Waals surface area contributed by atoms with E-state index in [2.05, 4.69) is 14.8 Å². The molecule has 7 heteroatoms. The maximum atomic E-state index is 11.7. The number of amides is 1. The Balaban J connectivity index is 4.70.